The number of sulfonamides is 1. The molecule has 8 nitrogen and oxygen atoms in total. The molecule has 21 heavy (non-hydrogen) atoms. The molecule has 0 radical (unpaired) electrons. The monoisotopic (exact) mass is 335 g/mol. The Labute approximate surface area is 126 Å². The van der Waals surface area contributed by atoms with Gasteiger partial charge in [-0.25, -0.2) is 13.1 Å². The highest BCUT2D eigenvalue weighted by atomic mass is 35.5. The minimum absolute atomic E-state index is 0.0854. The molecule has 1 aromatic carbocycles. The zero-order valence-corrected chi connectivity index (χ0v) is 12.5. The molecule has 1 aliphatic heterocycles. The van der Waals surface area contributed by atoms with Crippen LogP contribution in [0, 0.1) is 10.1 Å². The van der Waals surface area contributed by atoms with Gasteiger partial charge in [0.2, 0.25) is 10.0 Å². The van der Waals surface area contributed by atoms with Crippen molar-refractivity contribution in [3.63, 3.8) is 0 Å². The van der Waals surface area contributed by atoms with Gasteiger partial charge >= 0.3 is 0 Å². The minimum atomic E-state index is -4.00. The largest absolute Gasteiger partial charge is 0.378 e. The SMILES string of the molecule is O=[N+]([O-])c1cc(Cl)ccc1S(=O)(=O)NCC1COCCN1. The van der Waals surface area contributed by atoms with Crippen LogP contribution in [-0.4, -0.2) is 45.7 Å². The van der Waals surface area contributed by atoms with Gasteiger partial charge in [0.1, 0.15) is 0 Å². The second-order valence-corrected chi connectivity index (χ2v) is 6.62. The number of halogens is 1. The third kappa shape index (κ3) is 4.11. The van der Waals surface area contributed by atoms with Crippen LogP contribution < -0.4 is 10.0 Å². The summed E-state index contributed by atoms with van der Waals surface area (Å²) in [6, 6.07) is 3.26. The number of hydrogen-bond donors (Lipinski definition) is 2. The molecule has 116 valence electrons. The first-order chi connectivity index (χ1) is 9.90. The quantitative estimate of drug-likeness (QED) is 0.599. The van der Waals surface area contributed by atoms with Gasteiger partial charge in [-0.2, -0.15) is 0 Å². The first-order valence-electron chi connectivity index (χ1n) is 6.15. The van der Waals surface area contributed by atoms with Gasteiger partial charge in [0, 0.05) is 30.2 Å². The maximum atomic E-state index is 12.2. The van der Waals surface area contributed by atoms with Gasteiger partial charge in [-0.05, 0) is 12.1 Å². The number of nitro benzene ring substituents is 1. The third-order valence-electron chi connectivity index (χ3n) is 2.93. The van der Waals surface area contributed by atoms with Crippen LogP contribution in [0.5, 0.6) is 0 Å². The maximum absolute atomic E-state index is 12.2. The predicted molar refractivity (Wildman–Crippen MR) is 75.9 cm³/mol. The predicted octanol–water partition coefficient (Wildman–Crippen LogP) is 0.515. The molecule has 0 aliphatic carbocycles. The third-order valence-corrected chi connectivity index (χ3v) is 4.63. The van der Waals surface area contributed by atoms with Crippen molar-refractivity contribution in [3.8, 4) is 0 Å². The van der Waals surface area contributed by atoms with E-state index in [4.69, 9.17) is 16.3 Å². The fraction of sp³-hybridized carbons (Fsp3) is 0.455. The van der Waals surface area contributed by atoms with Crippen molar-refractivity contribution < 1.29 is 18.1 Å². The molecule has 0 amide bonds. The average molecular weight is 336 g/mol. The van der Waals surface area contributed by atoms with Crippen molar-refractivity contribution in [3.05, 3.63) is 33.3 Å². The van der Waals surface area contributed by atoms with Crippen LogP contribution in [-0.2, 0) is 14.8 Å². The van der Waals surface area contributed by atoms with Gasteiger partial charge in [0.25, 0.3) is 5.69 Å². The molecule has 2 N–H and O–H groups in total. The van der Waals surface area contributed by atoms with Crippen molar-refractivity contribution in [1.82, 2.24) is 10.0 Å². The van der Waals surface area contributed by atoms with Crippen molar-refractivity contribution >= 4 is 27.3 Å². The summed E-state index contributed by atoms with van der Waals surface area (Å²) < 4.78 is 31.9. The van der Waals surface area contributed by atoms with E-state index in [0.29, 0.717) is 19.8 Å². The Bertz CT molecular complexity index is 631. The standard InChI is InChI=1S/C11H14ClN3O5S/c12-8-1-2-11(10(5-8)15(16)17)21(18,19)14-6-9-7-20-4-3-13-9/h1-2,5,9,13-14H,3-4,6-7H2. The molecule has 1 fully saturated rings. The Morgan fingerprint density at radius 2 is 2.29 bits per heavy atom. The summed E-state index contributed by atoms with van der Waals surface area (Å²) in [5.41, 5.74) is -0.553. The van der Waals surface area contributed by atoms with Crippen LogP contribution in [0.15, 0.2) is 23.1 Å². The number of hydrogen-bond acceptors (Lipinski definition) is 6. The summed E-state index contributed by atoms with van der Waals surface area (Å²) in [5, 5.41) is 14.1. The molecule has 1 atom stereocenters. The average Bonchev–Trinajstić information content (AvgIpc) is 2.46. The number of nitrogens with one attached hydrogen (secondary N) is 2. The van der Waals surface area contributed by atoms with E-state index < -0.39 is 25.5 Å². The Hall–Kier alpha value is -1.26. The zero-order valence-electron chi connectivity index (χ0n) is 10.9. The Balaban J connectivity index is 2.17. The molecule has 0 spiro atoms. The Morgan fingerprint density at radius 3 is 2.90 bits per heavy atom. The number of rotatable bonds is 5. The summed E-state index contributed by atoms with van der Waals surface area (Å²) >= 11 is 5.66. The molecule has 2 rings (SSSR count). The highest BCUT2D eigenvalue weighted by Gasteiger charge is 2.27. The van der Waals surface area contributed by atoms with E-state index in [1.807, 2.05) is 0 Å². The molecule has 1 aromatic rings. The molecule has 1 unspecified atom stereocenters. The molecular weight excluding hydrogens is 322 g/mol. The molecule has 10 heteroatoms. The molecule has 0 saturated carbocycles. The van der Waals surface area contributed by atoms with Crippen LogP contribution in [0.4, 0.5) is 5.69 Å². The lowest BCUT2D eigenvalue weighted by molar-refractivity contribution is -0.387. The number of nitro groups is 1. The number of nitrogens with zero attached hydrogens (tertiary/aromatic N) is 1. The van der Waals surface area contributed by atoms with E-state index in [1.54, 1.807) is 0 Å². The number of morpholine rings is 1. The molecule has 0 bridgehead atoms. The van der Waals surface area contributed by atoms with E-state index >= 15 is 0 Å². The van der Waals surface area contributed by atoms with E-state index in [0.717, 1.165) is 12.1 Å². The van der Waals surface area contributed by atoms with Crippen molar-refractivity contribution in [2.45, 2.75) is 10.9 Å². The van der Waals surface area contributed by atoms with Crippen LogP contribution in [0.3, 0.4) is 0 Å². The summed E-state index contributed by atoms with van der Waals surface area (Å²) in [6.45, 7) is 1.67. The smallest absolute Gasteiger partial charge is 0.290 e. The van der Waals surface area contributed by atoms with E-state index in [2.05, 4.69) is 10.0 Å². The highest BCUT2D eigenvalue weighted by Crippen LogP contribution is 2.26. The topological polar surface area (TPSA) is 111 Å². The first kappa shape index (κ1) is 16.1. The van der Waals surface area contributed by atoms with E-state index in [9.17, 15) is 18.5 Å². The van der Waals surface area contributed by atoms with Crippen LogP contribution in [0.2, 0.25) is 5.02 Å². The maximum Gasteiger partial charge on any atom is 0.290 e. The zero-order chi connectivity index (χ0) is 15.5. The second-order valence-electron chi connectivity index (χ2n) is 4.45. The van der Waals surface area contributed by atoms with Crippen LogP contribution >= 0.6 is 11.6 Å². The lowest BCUT2D eigenvalue weighted by Gasteiger charge is -2.23. The summed E-state index contributed by atoms with van der Waals surface area (Å²) in [4.78, 5) is 9.76. The number of benzene rings is 1. The minimum Gasteiger partial charge on any atom is -0.378 e. The van der Waals surface area contributed by atoms with Gasteiger partial charge < -0.3 is 10.1 Å². The Morgan fingerprint density at radius 1 is 1.52 bits per heavy atom. The lowest BCUT2D eigenvalue weighted by Crippen LogP contribution is -2.48. The highest BCUT2D eigenvalue weighted by molar-refractivity contribution is 7.89. The molecule has 1 saturated heterocycles. The van der Waals surface area contributed by atoms with Gasteiger partial charge in [-0.3, -0.25) is 10.1 Å². The van der Waals surface area contributed by atoms with Crippen LogP contribution in [0.1, 0.15) is 0 Å². The Kier molecular flexibility index (Phi) is 5.12. The molecule has 1 heterocycles. The summed E-state index contributed by atoms with van der Waals surface area (Å²) in [6.07, 6.45) is 0. The van der Waals surface area contributed by atoms with Gasteiger partial charge in [-0.1, -0.05) is 11.6 Å². The second kappa shape index (κ2) is 6.67. The van der Waals surface area contributed by atoms with Crippen molar-refractivity contribution in [2.75, 3.05) is 26.3 Å². The van der Waals surface area contributed by atoms with Crippen molar-refractivity contribution in [2.24, 2.45) is 0 Å². The summed E-state index contributed by atoms with van der Waals surface area (Å²) in [7, 11) is -4.00. The fourth-order valence-corrected chi connectivity index (χ4v) is 3.30. The molecule has 1 aliphatic rings. The lowest BCUT2D eigenvalue weighted by atomic mass is 10.3. The number of ether oxygens (including phenoxy) is 1. The fourth-order valence-electron chi connectivity index (χ4n) is 1.90. The molecular formula is C11H14ClN3O5S. The van der Waals surface area contributed by atoms with Crippen molar-refractivity contribution in [1.29, 1.82) is 0 Å². The van der Waals surface area contributed by atoms with Gasteiger partial charge in [0.15, 0.2) is 4.90 Å². The van der Waals surface area contributed by atoms with E-state index in [1.165, 1.54) is 6.07 Å². The van der Waals surface area contributed by atoms with Crippen LogP contribution in [0.25, 0.3) is 0 Å². The van der Waals surface area contributed by atoms with Gasteiger partial charge in [-0.15, -0.1) is 0 Å². The first-order valence-corrected chi connectivity index (χ1v) is 8.01. The van der Waals surface area contributed by atoms with Gasteiger partial charge in [0.05, 0.1) is 18.1 Å². The normalized spacial score (nSPS) is 19.4. The molecule has 0 aromatic heterocycles. The van der Waals surface area contributed by atoms with E-state index in [-0.39, 0.29) is 17.6 Å². The summed E-state index contributed by atoms with van der Waals surface area (Å²) in [5.74, 6) is 0.